The highest BCUT2D eigenvalue weighted by atomic mass is 32.2. The van der Waals surface area contributed by atoms with Gasteiger partial charge in [-0.15, -0.1) is 0 Å². The van der Waals surface area contributed by atoms with Crippen molar-refractivity contribution >= 4 is 21.4 Å². The van der Waals surface area contributed by atoms with E-state index in [0.717, 1.165) is 11.6 Å². The monoisotopic (exact) mass is 372 g/mol. The van der Waals surface area contributed by atoms with Crippen molar-refractivity contribution in [2.75, 3.05) is 4.72 Å². The van der Waals surface area contributed by atoms with Crippen LogP contribution >= 0.6 is 0 Å². The van der Waals surface area contributed by atoms with Gasteiger partial charge in [0.25, 0.3) is 15.7 Å². The number of benzene rings is 2. The highest BCUT2D eigenvalue weighted by Crippen LogP contribution is 2.24. The molecular formula is C17H16N4O4S. The maximum absolute atomic E-state index is 12.6. The Morgan fingerprint density at radius 2 is 2.00 bits per heavy atom. The number of rotatable bonds is 6. The van der Waals surface area contributed by atoms with E-state index in [4.69, 9.17) is 0 Å². The van der Waals surface area contributed by atoms with Gasteiger partial charge in [-0.05, 0) is 36.8 Å². The zero-order valence-electron chi connectivity index (χ0n) is 13.9. The summed E-state index contributed by atoms with van der Waals surface area (Å²) < 4.78 is 29.3. The fourth-order valence-corrected chi connectivity index (χ4v) is 3.55. The van der Waals surface area contributed by atoms with Crippen LogP contribution < -0.4 is 4.72 Å². The van der Waals surface area contributed by atoms with E-state index < -0.39 is 14.9 Å². The molecule has 0 unspecified atom stereocenters. The van der Waals surface area contributed by atoms with E-state index in [1.807, 2.05) is 12.3 Å². The van der Waals surface area contributed by atoms with Gasteiger partial charge in [-0.25, -0.2) is 8.42 Å². The van der Waals surface area contributed by atoms with Crippen molar-refractivity contribution in [3.63, 3.8) is 0 Å². The molecule has 0 aliphatic carbocycles. The molecule has 0 spiro atoms. The maximum atomic E-state index is 12.6. The number of nitro benzene ring substituents is 1. The molecule has 0 aliphatic heterocycles. The quantitative estimate of drug-likeness (QED) is 0.529. The molecule has 0 saturated heterocycles. The van der Waals surface area contributed by atoms with Gasteiger partial charge in [0.05, 0.1) is 16.4 Å². The standard InChI is InChI=1S/C17H16N4O4S/c1-13-6-7-16(11-17(13)21(22)23)26(24,25)19-15-5-2-4-14(10-15)12-20-9-3-8-18-20/h2-11,19H,12H2,1H3. The molecule has 0 radical (unpaired) electrons. The molecule has 0 atom stereocenters. The third-order valence-corrected chi connectivity index (χ3v) is 5.15. The zero-order chi connectivity index (χ0) is 18.7. The first-order valence-electron chi connectivity index (χ1n) is 7.69. The molecule has 134 valence electrons. The van der Waals surface area contributed by atoms with E-state index >= 15 is 0 Å². The van der Waals surface area contributed by atoms with Crippen molar-refractivity contribution < 1.29 is 13.3 Å². The predicted octanol–water partition coefficient (Wildman–Crippen LogP) is 2.95. The van der Waals surface area contributed by atoms with Crippen LogP contribution in [0.2, 0.25) is 0 Å². The number of aromatic nitrogens is 2. The van der Waals surface area contributed by atoms with Gasteiger partial charge in [0, 0.05) is 29.7 Å². The highest BCUT2D eigenvalue weighted by molar-refractivity contribution is 7.92. The molecule has 9 heteroatoms. The summed E-state index contributed by atoms with van der Waals surface area (Å²) in [7, 11) is -3.94. The molecule has 3 rings (SSSR count). The molecule has 0 saturated carbocycles. The molecule has 3 aromatic rings. The fraction of sp³-hybridized carbons (Fsp3) is 0.118. The van der Waals surface area contributed by atoms with E-state index in [1.54, 1.807) is 42.1 Å². The SMILES string of the molecule is Cc1ccc(S(=O)(=O)Nc2cccc(Cn3cccn3)c2)cc1[N+](=O)[O-]. The lowest BCUT2D eigenvalue weighted by Crippen LogP contribution is -2.13. The van der Waals surface area contributed by atoms with Crippen LogP contribution in [0.1, 0.15) is 11.1 Å². The van der Waals surface area contributed by atoms with Crippen LogP contribution in [0.3, 0.4) is 0 Å². The average Bonchev–Trinajstić information content (AvgIpc) is 3.07. The number of hydrogen-bond acceptors (Lipinski definition) is 5. The summed E-state index contributed by atoms with van der Waals surface area (Å²) in [5.41, 5.74) is 1.40. The first kappa shape index (κ1) is 17.6. The summed E-state index contributed by atoms with van der Waals surface area (Å²) in [6.45, 7) is 2.05. The normalized spacial score (nSPS) is 11.3. The van der Waals surface area contributed by atoms with Crippen LogP contribution in [0.4, 0.5) is 11.4 Å². The van der Waals surface area contributed by atoms with E-state index in [2.05, 4.69) is 9.82 Å². The second kappa shape index (κ2) is 6.96. The van der Waals surface area contributed by atoms with Crippen LogP contribution in [-0.4, -0.2) is 23.1 Å². The lowest BCUT2D eigenvalue weighted by Gasteiger charge is -2.10. The molecule has 0 aliphatic rings. The lowest BCUT2D eigenvalue weighted by atomic mass is 10.2. The Morgan fingerprint density at radius 3 is 2.69 bits per heavy atom. The predicted molar refractivity (Wildman–Crippen MR) is 96.4 cm³/mol. The summed E-state index contributed by atoms with van der Waals surface area (Å²) in [5, 5.41) is 15.1. The molecule has 8 nitrogen and oxygen atoms in total. The van der Waals surface area contributed by atoms with Gasteiger partial charge in [-0.2, -0.15) is 5.10 Å². The van der Waals surface area contributed by atoms with Crippen LogP contribution in [0.5, 0.6) is 0 Å². The number of sulfonamides is 1. The molecule has 1 heterocycles. The largest absolute Gasteiger partial charge is 0.280 e. The molecule has 2 aromatic carbocycles. The number of nitro groups is 1. The lowest BCUT2D eigenvalue weighted by molar-refractivity contribution is -0.385. The molecule has 0 fully saturated rings. The minimum atomic E-state index is -3.94. The second-order valence-corrected chi connectivity index (χ2v) is 7.40. The van der Waals surface area contributed by atoms with Crippen molar-refractivity contribution in [3.8, 4) is 0 Å². The number of nitrogens with one attached hydrogen (secondary N) is 1. The van der Waals surface area contributed by atoms with Gasteiger partial charge in [-0.1, -0.05) is 18.2 Å². The van der Waals surface area contributed by atoms with Gasteiger partial charge in [-0.3, -0.25) is 19.5 Å². The first-order chi connectivity index (χ1) is 12.3. The molecule has 0 amide bonds. The van der Waals surface area contributed by atoms with E-state index in [9.17, 15) is 18.5 Å². The van der Waals surface area contributed by atoms with Gasteiger partial charge in [0.15, 0.2) is 0 Å². The van der Waals surface area contributed by atoms with Crippen LogP contribution in [0, 0.1) is 17.0 Å². The summed E-state index contributed by atoms with van der Waals surface area (Å²) in [5.74, 6) is 0. The van der Waals surface area contributed by atoms with Crippen LogP contribution in [0.15, 0.2) is 65.8 Å². The summed E-state index contributed by atoms with van der Waals surface area (Å²) in [6.07, 6.45) is 3.47. The molecule has 0 bridgehead atoms. The summed E-state index contributed by atoms with van der Waals surface area (Å²) in [4.78, 5) is 10.3. The van der Waals surface area contributed by atoms with E-state index in [1.165, 1.54) is 12.1 Å². The Bertz CT molecular complexity index is 1050. The summed E-state index contributed by atoms with van der Waals surface area (Å²) >= 11 is 0. The minimum absolute atomic E-state index is 0.160. The Kier molecular flexibility index (Phi) is 4.72. The van der Waals surface area contributed by atoms with E-state index in [0.29, 0.717) is 17.8 Å². The molecule has 26 heavy (non-hydrogen) atoms. The van der Waals surface area contributed by atoms with Gasteiger partial charge >= 0.3 is 0 Å². The Labute approximate surface area is 150 Å². The van der Waals surface area contributed by atoms with E-state index in [-0.39, 0.29) is 10.6 Å². The van der Waals surface area contributed by atoms with Crippen molar-refractivity contribution in [2.45, 2.75) is 18.4 Å². The smallest absolute Gasteiger partial charge is 0.273 e. The van der Waals surface area contributed by atoms with Crippen LogP contribution in [-0.2, 0) is 16.6 Å². The molecule has 1 N–H and O–H groups in total. The molecule has 1 aromatic heterocycles. The van der Waals surface area contributed by atoms with Crippen molar-refractivity contribution in [2.24, 2.45) is 0 Å². The van der Waals surface area contributed by atoms with Crippen LogP contribution in [0.25, 0.3) is 0 Å². The van der Waals surface area contributed by atoms with Gasteiger partial charge in [0.2, 0.25) is 0 Å². The fourth-order valence-electron chi connectivity index (χ4n) is 2.48. The van der Waals surface area contributed by atoms with Crippen molar-refractivity contribution in [1.29, 1.82) is 0 Å². The topological polar surface area (TPSA) is 107 Å². The highest BCUT2D eigenvalue weighted by Gasteiger charge is 2.20. The Balaban J connectivity index is 1.86. The zero-order valence-corrected chi connectivity index (χ0v) is 14.7. The van der Waals surface area contributed by atoms with Gasteiger partial charge < -0.3 is 0 Å². The van der Waals surface area contributed by atoms with Crippen molar-refractivity contribution in [3.05, 3.63) is 82.2 Å². The number of aryl methyl sites for hydroxylation is 1. The minimum Gasteiger partial charge on any atom is -0.280 e. The van der Waals surface area contributed by atoms with Crippen molar-refractivity contribution in [1.82, 2.24) is 9.78 Å². The number of anilines is 1. The number of nitrogens with zero attached hydrogens (tertiary/aromatic N) is 3. The average molecular weight is 372 g/mol. The first-order valence-corrected chi connectivity index (χ1v) is 9.18. The summed E-state index contributed by atoms with van der Waals surface area (Å²) in [6, 6.07) is 12.5. The third-order valence-electron chi connectivity index (χ3n) is 3.77. The number of hydrogen-bond donors (Lipinski definition) is 1. The molecular weight excluding hydrogens is 356 g/mol. The second-order valence-electron chi connectivity index (χ2n) is 5.71. The third kappa shape index (κ3) is 3.89. The Morgan fingerprint density at radius 1 is 1.19 bits per heavy atom. The Hall–Kier alpha value is -3.20. The van der Waals surface area contributed by atoms with Gasteiger partial charge in [0.1, 0.15) is 0 Å². The maximum Gasteiger partial charge on any atom is 0.273 e.